The van der Waals surface area contributed by atoms with Crippen molar-refractivity contribution in [2.75, 3.05) is 5.32 Å². The van der Waals surface area contributed by atoms with E-state index in [4.69, 9.17) is 16.0 Å². The van der Waals surface area contributed by atoms with Crippen molar-refractivity contribution in [2.24, 2.45) is 0 Å². The lowest BCUT2D eigenvalue weighted by atomic mass is 10.1. The van der Waals surface area contributed by atoms with Crippen LogP contribution in [0.1, 0.15) is 21.6 Å². The summed E-state index contributed by atoms with van der Waals surface area (Å²) in [5.41, 5.74) is 3.83. The fraction of sp³-hybridized carbons (Fsp3) is 0.111. The Hall–Kier alpha value is -2.59. The van der Waals surface area contributed by atoms with Gasteiger partial charge in [-0.15, -0.1) is 0 Å². The fourth-order valence-corrected chi connectivity index (χ4v) is 2.50. The van der Waals surface area contributed by atoms with Crippen molar-refractivity contribution in [3.05, 3.63) is 70.7 Å². The van der Waals surface area contributed by atoms with E-state index in [1.54, 1.807) is 18.2 Å². The molecular formula is C18H15ClN2O2. The summed E-state index contributed by atoms with van der Waals surface area (Å²) in [5.74, 6) is 0.0812. The molecule has 0 bridgehead atoms. The molecule has 0 fully saturated rings. The summed E-state index contributed by atoms with van der Waals surface area (Å²) in [6.07, 6.45) is 1.26. The smallest absolute Gasteiger partial charge is 0.278 e. The largest absolute Gasteiger partial charge is 0.443 e. The molecule has 3 rings (SSSR count). The quantitative estimate of drug-likeness (QED) is 0.747. The standard InChI is InChI=1S/C18H15ClN2O2/c1-11-5-3-8-15(12(11)2)21-18(22)16-17(23-10-20-16)13-6-4-7-14(19)9-13/h3-10H,1-2H3,(H,21,22). The predicted octanol–water partition coefficient (Wildman–Crippen LogP) is 4.86. The van der Waals surface area contributed by atoms with E-state index < -0.39 is 0 Å². The highest BCUT2D eigenvalue weighted by Gasteiger charge is 2.19. The second-order valence-electron chi connectivity index (χ2n) is 5.24. The highest BCUT2D eigenvalue weighted by atomic mass is 35.5. The molecule has 23 heavy (non-hydrogen) atoms. The lowest BCUT2D eigenvalue weighted by molar-refractivity contribution is 0.102. The molecule has 0 radical (unpaired) electrons. The molecule has 2 aromatic carbocycles. The number of hydrogen-bond acceptors (Lipinski definition) is 3. The maximum atomic E-state index is 12.6. The topological polar surface area (TPSA) is 55.1 Å². The molecule has 1 aromatic heterocycles. The van der Waals surface area contributed by atoms with Gasteiger partial charge in [-0.2, -0.15) is 0 Å². The Balaban J connectivity index is 1.93. The van der Waals surface area contributed by atoms with Crippen LogP contribution < -0.4 is 5.32 Å². The maximum absolute atomic E-state index is 12.6. The predicted molar refractivity (Wildman–Crippen MR) is 90.8 cm³/mol. The van der Waals surface area contributed by atoms with Gasteiger partial charge in [0, 0.05) is 16.3 Å². The van der Waals surface area contributed by atoms with Crippen LogP contribution in [0.15, 0.2) is 53.3 Å². The molecule has 1 amide bonds. The molecule has 3 aromatic rings. The maximum Gasteiger partial charge on any atom is 0.278 e. The van der Waals surface area contributed by atoms with Crippen molar-refractivity contribution in [1.29, 1.82) is 0 Å². The van der Waals surface area contributed by atoms with E-state index in [-0.39, 0.29) is 11.6 Å². The molecule has 0 saturated heterocycles. The number of amides is 1. The van der Waals surface area contributed by atoms with Crippen molar-refractivity contribution < 1.29 is 9.21 Å². The van der Waals surface area contributed by atoms with Gasteiger partial charge in [0.05, 0.1) is 0 Å². The van der Waals surface area contributed by atoms with Crippen LogP contribution in [0.25, 0.3) is 11.3 Å². The Morgan fingerprint density at radius 1 is 1.17 bits per heavy atom. The van der Waals surface area contributed by atoms with Crippen LogP contribution in [0.3, 0.4) is 0 Å². The van der Waals surface area contributed by atoms with Crippen molar-refractivity contribution in [2.45, 2.75) is 13.8 Å². The molecule has 0 aliphatic carbocycles. The Kier molecular flexibility index (Phi) is 4.17. The van der Waals surface area contributed by atoms with Crippen LogP contribution in [0.5, 0.6) is 0 Å². The van der Waals surface area contributed by atoms with Crippen LogP contribution in [0.4, 0.5) is 5.69 Å². The van der Waals surface area contributed by atoms with Gasteiger partial charge in [-0.05, 0) is 43.2 Å². The number of carbonyl (C=O) groups excluding carboxylic acids is 1. The van der Waals surface area contributed by atoms with Gasteiger partial charge in [0.1, 0.15) is 0 Å². The molecule has 1 N–H and O–H groups in total. The minimum absolute atomic E-state index is 0.230. The first-order chi connectivity index (χ1) is 11.1. The molecule has 5 heteroatoms. The number of carbonyl (C=O) groups is 1. The van der Waals surface area contributed by atoms with Crippen molar-refractivity contribution >= 4 is 23.2 Å². The first-order valence-electron chi connectivity index (χ1n) is 7.13. The van der Waals surface area contributed by atoms with E-state index in [1.165, 1.54) is 6.39 Å². The molecule has 0 aliphatic rings. The highest BCUT2D eigenvalue weighted by Crippen LogP contribution is 2.27. The second kappa shape index (κ2) is 6.26. The number of halogens is 1. The third-order valence-electron chi connectivity index (χ3n) is 3.72. The Morgan fingerprint density at radius 2 is 1.96 bits per heavy atom. The number of nitrogens with zero attached hydrogens (tertiary/aromatic N) is 1. The van der Waals surface area contributed by atoms with Crippen molar-refractivity contribution in [3.63, 3.8) is 0 Å². The Morgan fingerprint density at radius 3 is 2.74 bits per heavy atom. The molecule has 1 heterocycles. The van der Waals surface area contributed by atoms with Gasteiger partial charge in [-0.1, -0.05) is 35.9 Å². The number of anilines is 1. The Labute approximate surface area is 139 Å². The number of aryl methyl sites for hydroxylation is 1. The van der Waals surface area contributed by atoms with E-state index in [1.807, 2.05) is 38.1 Å². The van der Waals surface area contributed by atoms with Crippen LogP contribution in [0, 0.1) is 13.8 Å². The van der Waals surface area contributed by atoms with E-state index in [0.29, 0.717) is 16.3 Å². The van der Waals surface area contributed by atoms with Crippen LogP contribution in [-0.4, -0.2) is 10.9 Å². The minimum atomic E-state index is -0.317. The SMILES string of the molecule is Cc1cccc(NC(=O)c2ncoc2-c2cccc(Cl)c2)c1C. The normalized spacial score (nSPS) is 10.6. The van der Waals surface area contributed by atoms with Crippen LogP contribution in [0.2, 0.25) is 5.02 Å². The van der Waals surface area contributed by atoms with Crippen molar-refractivity contribution in [1.82, 2.24) is 4.98 Å². The van der Waals surface area contributed by atoms with Crippen LogP contribution >= 0.6 is 11.6 Å². The average Bonchev–Trinajstić information content (AvgIpc) is 3.01. The van der Waals surface area contributed by atoms with Crippen molar-refractivity contribution in [3.8, 4) is 11.3 Å². The number of rotatable bonds is 3. The van der Waals surface area contributed by atoms with E-state index in [2.05, 4.69) is 10.3 Å². The third kappa shape index (κ3) is 3.12. The highest BCUT2D eigenvalue weighted by molar-refractivity contribution is 6.30. The number of hydrogen-bond donors (Lipinski definition) is 1. The summed E-state index contributed by atoms with van der Waals surface area (Å²) in [4.78, 5) is 16.6. The van der Waals surface area contributed by atoms with Gasteiger partial charge in [0.25, 0.3) is 5.91 Å². The monoisotopic (exact) mass is 326 g/mol. The molecule has 0 spiro atoms. The molecule has 4 nitrogen and oxygen atoms in total. The average molecular weight is 327 g/mol. The minimum Gasteiger partial charge on any atom is -0.443 e. The number of benzene rings is 2. The lowest BCUT2D eigenvalue weighted by Gasteiger charge is -2.09. The first kappa shape index (κ1) is 15.3. The molecule has 0 saturated carbocycles. The number of oxazole rings is 1. The fourth-order valence-electron chi connectivity index (χ4n) is 2.31. The summed E-state index contributed by atoms with van der Waals surface area (Å²) in [6, 6.07) is 12.9. The van der Waals surface area contributed by atoms with Gasteiger partial charge in [0.15, 0.2) is 17.8 Å². The zero-order valence-electron chi connectivity index (χ0n) is 12.8. The summed E-state index contributed by atoms with van der Waals surface area (Å²) in [5, 5.41) is 3.45. The Bertz CT molecular complexity index is 871. The third-order valence-corrected chi connectivity index (χ3v) is 3.96. The number of aromatic nitrogens is 1. The molecule has 0 unspecified atom stereocenters. The van der Waals surface area contributed by atoms with E-state index >= 15 is 0 Å². The molecule has 116 valence electrons. The lowest BCUT2D eigenvalue weighted by Crippen LogP contribution is -2.14. The van der Waals surface area contributed by atoms with E-state index in [0.717, 1.165) is 16.8 Å². The number of nitrogens with one attached hydrogen (secondary N) is 1. The molecule has 0 aliphatic heterocycles. The zero-order valence-corrected chi connectivity index (χ0v) is 13.5. The van der Waals surface area contributed by atoms with Gasteiger partial charge < -0.3 is 9.73 Å². The molecule has 0 atom stereocenters. The second-order valence-corrected chi connectivity index (χ2v) is 5.68. The summed E-state index contributed by atoms with van der Waals surface area (Å²) < 4.78 is 5.39. The van der Waals surface area contributed by atoms with Gasteiger partial charge >= 0.3 is 0 Å². The summed E-state index contributed by atoms with van der Waals surface area (Å²) in [6.45, 7) is 3.96. The van der Waals surface area contributed by atoms with Gasteiger partial charge in [-0.25, -0.2) is 4.98 Å². The van der Waals surface area contributed by atoms with Gasteiger partial charge in [-0.3, -0.25) is 4.79 Å². The van der Waals surface area contributed by atoms with E-state index in [9.17, 15) is 4.79 Å². The first-order valence-corrected chi connectivity index (χ1v) is 7.51. The molecular weight excluding hydrogens is 312 g/mol. The van der Waals surface area contributed by atoms with Gasteiger partial charge in [0.2, 0.25) is 0 Å². The van der Waals surface area contributed by atoms with Crippen LogP contribution in [-0.2, 0) is 0 Å². The zero-order chi connectivity index (χ0) is 16.4. The summed E-state index contributed by atoms with van der Waals surface area (Å²) >= 11 is 6.00. The summed E-state index contributed by atoms with van der Waals surface area (Å²) in [7, 11) is 0.